The van der Waals surface area contributed by atoms with Crippen molar-refractivity contribution in [1.29, 1.82) is 0 Å². The summed E-state index contributed by atoms with van der Waals surface area (Å²) in [5.74, 6) is 0. The number of benzene rings is 6. The van der Waals surface area contributed by atoms with Gasteiger partial charge in [-0.05, 0) is 59.6 Å². The molecule has 0 aliphatic heterocycles. The third-order valence-corrected chi connectivity index (χ3v) is 23.0. The molecule has 3 nitrogen and oxygen atoms in total. The van der Waals surface area contributed by atoms with Crippen LogP contribution in [0.25, 0.3) is 0 Å². The molecular weight excluding hydrogens is 705 g/mol. The van der Waals surface area contributed by atoms with Gasteiger partial charge >= 0.3 is 0 Å². The predicted molar refractivity (Wildman–Crippen MR) is 234 cm³/mol. The summed E-state index contributed by atoms with van der Waals surface area (Å²) in [4.78, 5) is 0. The zero-order valence-corrected chi connectivity index (χ0v) is 36.0. The average molecular weight is 763 g/mol. The van der Waals surface area contributed by atoms with Crippen molar-refractivity contribution >= 4 is 16.6 Å². The minimum atomic E-state index is -2.46. The minimum absolute atomic E-state index is 0.250. The Balaban J connectivity index is 1.30. The van der Waals surface area contributed by atoms with E-state index >= 15 is 0 Å². The molecule has 0 aromatic heterocycles. The Morgan fingerprint density at radius 2 is 0.509 bits per heavy atom. The molecule has 0 radical (unpaired) electrons. The van der Waals surface area contributed by atoms with Crippen molar-refractivity contribution in [2.45, 2.75) is 75.2 Å². The number of hydrogen-bond acceptors (Lipinski definition) is 3. The summed E-state index contributed by atoms with van der Waals surface area (Å²) < 4.78 is 22.5. The first-order valence-electron chi connectivity index (χ1n) is 19.6. The van der Waals surface area contributed by atoms with Crippen LogP contribution in [0.2, 0.25) is 36.3 Å². The lowest BCUT2D eigenvalue weighted by molar-refractivity contribution is -0.00465. The van der Waals surface area contributed by atoms with E-state index in [1.165, 1.54) is 0 Å². The first-order valence-corrected chi connectivity index (χ1v) is 25.4. The number of hydrogen-bond donors (Lipinski definition) is 0. The quantitative estimate of drug-likeness (QED) is 0.0726. The Hall–Kier alpha value is -4.37. The van der Waals surface area contributed by atoms with Crippen LogP contribution in [0.4, 0.5) is 0 Å². The highest BCUT2D eigenvalue weighted by atomic mass is 28.4. The maximum Gasteiger partial charge on any atom is 0.181 e. The second-order valence-electron chi connectivity index (χ2n) is 17.0. The molecule has 0 saturated carbocycles. The molecule has 0 saturated heterocycles. The van der Waals surface area contributed by atoms with Gasteiger partial charge in [-0.1, -0.05) is 210 Å². The Kier molecular flexibility index (Phi) is 12.0. The van der Waals surface area contributed by atoms with E-state index in [0.717, 1.165) is 33.4 Å². The Morgan fingerprint density at radius 3 is 0.691 bits per heavy atom. The van der Waals surface area contributed by atoms with Crippen LogP contribution in [0.3, 0.4) is 0 Å². The van der Waals surface area contributed by atoms with Crippen LogP contribution < -0.4 is 0 Å². The smallest absolute Gasteiger partial charge is 0.181 e. The summed E-state index contributed by atoms with van der Waals surface area (Å²) in [6.45, 7) is 19.9. The van der Waals surface area contributed by atoms with Gasteiger partial charge in [0.05, 0.1) is 13.2 Å². The fraction of sp³-hybridized carbons (Fsp3) is 0.280. The van der Waals surface area contributed by atoms with Crippen LogP contribution in [0.1, 0.15) is 61.1 Å². The zero-order valence-electron chi connectivity index (χ0n) is 34.0. The summed E-state index contributed by atoms with van der Waals surface area (Å²) in [6, 6.07) is 63.9. The van der Waals surface area contributed by atoms with E-state index in [2.05, 4.69) is 236 Å². The van der Waals surface area contributed by atoms with Gasteiger partial charge in [0.2, 0.25) is 0 Å². The third-order valence-electron chi connectivity index (χ3n) is 12.2. The normalized spacial score (nSPS) is 13.1. The van der Waals surface area contributed by atoms with E-state index in [1.807, 2.05) is 0 Å². The molecule has 55 heavy (non-hydrogen) atoms. The van der Waals surface area contributed by atoms with Crippen LogP contribution in [0, 0.1) is 0 Å². The Morgan fingerprint density at radius 1 is 0.327 bits per heavy atom. The summed E-state index contributed by atoms with van der Waals surface area (Å²) in [5.41, 5.74) is 5.06. The van der Waals surface area contributed by atoms with E-state index in [-0.39, 0.29) is 10.1 Å². The molecule has 5 heteroatoms. The van der Waals surface area contributed by atoms with Gasteiger partial charge in [0, 0.05) is 10.1 Å². The van der Waals surface area contributed by atoms with E-state index in [4.69, 9.17) is 13.6 Å². The Bertz CT molecular complexity index is 1720. The predicted octanol–water partition coefficient (Wildman–Crippen LogP) is 13.0. The average Bonchev–Trinajstić information content (AvgIpc) is 3.20. The van der Waals surface area contributed by atoms with Gasteiger partial charge in [-0.2, -0.15) is 0 Å². The van der Waals surface area contributed by atoms with Gasteiger partial charge in [-0.15, -0.1) is 0 Å². The van der Waals surface area contributed by atoms with Crippen LogP contribution in [-0.4, -0.2) is 29.8 Å². The van der Waals surface area contributed by atoms with Gasteiger partial charge in [-0.3, -0.25) is 0 Å². The lowest BCUT2D eigenvalue weighted by atomic mass is 9.80. The van der Waals surface area contributed by atoms with Gasteiger partial charge in [0.25, 0.3) is 0 Å². The second kappa shape index (κ2) is 16.4. The zero-order chi connectivity index (χ0) is 39.2. The summed E-state index contributed by atoms with van der Waals surface area (Å²) in [6.07, 6.45) is 0. The number of ether oxygens (including phenoxy) is 2. The van der Waals surface area contributed by atoms with Crippen LogP contribution in [0.15, 0.2) is 182 Å². The lowest BCUT2D eigenvalue weighted by Gasteiger charge is -2.50. The first-order chi connectivity index (χ1) is 26.3. The van der Waals surface area contributed by atoms with Gasteiger partial charge in [0.15, 0.2) is 16.6 Å². The topological polar surface area (TPSA) is 27.7 Å². The van der Waals surface area contributed by atoms with Crippen molar-refractivity contribution in [3.8, 4) is 0 Å². The molecule has 0 heterocycles. The first kappa shape index (κ1) is 40.3. The van der Waals surface area contributed by atoms with Crippen molar-refractivity contribution in [1.82, 2.24) is 0 Å². The van der Waals surface area contributed by atoms with Crippen LogP contribution >= 0.6 is 0 Å². The Labute approximate surface area is 332 Å². The van der Waals surface area contributed by atoms with Crippen molar-refractivity contribution in [2.75, 3.05) is 13.2 Å². The van der Waals surface area contributed by atoms with Gasteiger partial charge in [0.1, 0.15) is 11.2 Å². The molecule has 6 aromatic carbocycles. The molecule has 0 unspecified atom stereocenters. The third kappa shape index (κ3) is 8.14. The van der Waals surface area contributed by atoms with Crippen molar-refractivity contribution in [3.63, 3.8) is 0 Å². The monoisotopic (exact) mass is 762 g/mol. The number of rotatable bonds is 16. The van der Waals surface area contributed by atoms with E-state index < -0.39 is 27.8 Å². The minimum Gasteiger partial charge on any atom is -0.455 e. The second-order valence-corrected chi connectivity index (χ2v) is 26.6. The molecule has 0 atom stereocenters. The molecule has 0 amide bonds. The summed E-state index contributed by atoms with van der Waals surface area (Å²) in [7, 11) is -4.93. The highest BCUT2D eigenvalue weighted by Crippen LogP contribution is 2.50. The molecule has 0 fully saturated rings. The lowest BCUT2D eigenvalue weighted by Crippen LogP contribution is -2.57. The molecule has 6 aromatic rings. The van der Waals surface area contributed by atoms with E-state index in [9.17, 15) is 0 Å². The molecule has 0 aliphatic rings. The van der Waals surface area contributed by atoms with Crippen LogP contribution in [-0.2, 0) is 24.8 Å². The standard InChI is InChI=1S/C50H58O3Si2/c1-47(2,39-51-49(41-27-15-9-16-28-41,42-29-17-10-18-30-42)43-31-19-11-20-32-43)54(5,6)53-55(7,8)48(3,4)40-52-50(44-33-21-12-22-34-44,45-35-23-13-24-36-45)46-37-25-14-26-38-46/h9-38H,39-40H2,1-8H3. The van der Waals surface area contributed by atoms with E-state index in [1.54, 1.807) is 0 Å². The molecule has 284 valence electrons. The van der Waals surface area contributed by atoms with Crippen molar-refractivity contribution < 1.29 is 13.6 Å². The SMILES string of the molecule is CC(C)(COC(c1ccccc1)(c1ccccc1)c1ccccc1)[Si](C)(C)O[Si](C)(C)C(C)(C)COC(c1ccccc1)(c1ccccc1)c1ccccc1. The van der Waals surface area contributed by atoms with Gasteiger partial charge in [-0.25, -0.2) is 0 Å². The molecule has 0 N–H and O–H groups in total. The maximum atomic E-state index is 7.64. The highest BCUT2D eigenvalue weighted by Gasteiger charge is 2.52. The van der Waals surface area contributed by atoms with Gasteiger partial charge < -0.3 is 13.6 Å². The van der Waals surface area contributed by atoms with Crippen molar-refractivity contribution in [2.24, 2.45) is 0 Å². The molecular formula is C50H58O3Si2. The summed E-state index contributed by atoms with van der Waals surface area (Å²) in [5, 5.41) is -0.501. The van der Waals surface area contributed by atoms with Crippen LogP contribution in [0.5, 0.6) is 0 Å². The fourth-order valence-electron chi connectivity index (χ4n) is 7.38. The summed E-state index contributed by atoms with van der Waals surface area (Å²) >= 11 is 0. The maximum absolute atomic E-state index is 7.64. The molecule has 0 aliphatic carbocycles. The largest absolute Gasteiger partial charge is 0.455 e. The molecule has 6 rings (SSSR count). The van der Waals surface area contributed by atoms with Crippen molar-refractivity contribution in [3.05, 3.63) is 215 Å². The molecule has 0 spiro atoms. The molecule has 0 bridgehead atoms. The van der Waals surface area contributed by atoms with E-state index in [0.29, 0.717) is 13.2 Å². The fourth-order valence-corrected chi connectivity index (χ4v) is 15.5. The highest BCUT2D eigenvalue weighted by molar-refractivity contribution is 6.87.